The van der Waals surface area contributed by atoms with E-state index in [4.69, 9.17) is 9.26 Å². The fourth-order valence-electron chi connectivity index (χ4n) is 3.41. The number of H-pyrrole nitrogens is 1. The van der Waals surface area contributed by atoms with E-state index in [0.717, 1.165) is 23.4 Å². The molecule has 0 bridgehead atoms. The Morgan fingerprint density at radius 1 is 1.36 bits per heavy atom. The van der Waals surface area contributed by atoms with Crippen LogP contribution < -0.4 is 0 Å². The number of aryl methyl sites for hydroxylation is 2. The molecule has 7 nitrogen and oxygen atoms in total. The number of hydrogen-bond donors (Lipinski definition) is 1. The van der Waals surface area contributed by atoms with Crippen LogP contribution in [0, 0.1) is 19.7 Å². The smallest absolute Gasteiger partial charge is 0.257 e. The summed E-state index contributed by atoms with van der Waals surface area (Å²) in [6.07, 6.45) is 2.23. The van der Waals surface area contributed by atoms with Crippen LogP contribution in [0.5, 0.6) is 0 Å². The molecule has 1 aromatic carbocycles. The quantitative estimate of drug-likeness (QED) is 0.730. The standard InChI is InChI=1S/C20H21FN4O3/c1-12-18(13(2)28-24-12)11-27-16-7-8-25(10-16)20(26)17-9-22-23-19(17)14-3-5-15(21)6-4-14/h3-6,9,16H,7-8,10-11H2,1-2H3,(H,22,23). The molecule has 1 amide bonds. The first-order chi connectivity index (χ1) is 13.5. The third kappa shape index (κ3) is 3.55. The fourth-order valence-corrected chi connectivity index (χ4v) is 3.41. The van der Waals surface area contributed by atoms with E-state index in [1.807, 2.05) is 13.8 Å². The maximum Gasteiger partial charge on any atom is 0.257 e. The molecule has 8 heteroatoms. The highest BCUT2D eigenvalue weighted by molar-refractivity contribution is 5.99. The van der Waals surface area contributed by atoms with Crippen molar-refractivity contribution in [2.75, 3.05) is 13.1 Å². The van der Waals surface area contributed by atoms with E-state index in [1.165, 1.54) is 18.3 Å². The third-order valence-corrected chi connectivity index (χ3v) is 5.08. The summed E-state index contributed by atoms with van der Waals surface area (Å²) in [6, 6.07) is 5.97. The van der Waals surface area contributed by atoms with Crippen molar-refractivity contribution in [1.29, 1.82) is 0 Å². The number of rotatable bonds is 5. The molecule has 1 aliphatic rings. The maximum atomic E-state index is 13.2. The second-order valence-electron chi connectivity index (χ2n) is 6.94. The number of amides is 1. The summed E-state index contributed by atoms with van der Waals surface area (Å²) in [6.45, 7) is 5.28. The normalized spacial score (nSPS) is 16.7. The van der Waals surface area contributed by atoms with Gasteiger partial charge in [-0.15, -0.1) is 0 Å². The van der Waals surface area contributed by atoms with Crippen molar-refractivity contribution in [3.05, 3.63) is 58.9 Å². The number of ether oxygens (including phenoxy) is 1. The van der Waals surface area contributed by atoms with Crippen LogP contribution in [0.4, 0.5) is 4.39 Å². The minimum absolute atomic E-state index is 0.0428. The molecule has 3 aromatic rings. The highest BCUT2D eigenvalue weighted by atomic mass is 19.1. The summed E-state index contributed by atoms with van der Waals surface area (Å²) >= 11 is 0. The van der Waals surface area contributed by atoms with E-state index < -0.39 is 0 Å². The number of aromatic amines is 1. The maximum absolute atomic E-state index is 13.2. The summed E-state index contributed by atoms with van der Waals surface area (Å²) in [7, 11) is 0. The van der Waals surface area contributed by atoms with Crippen LogP contribution in [0.15, 0.2) is 35.0 Å². The Labute approximate surface area is 161 Å². The fraction of sp³-hybridized carbons (Fsp3) is 0.350. The lowest BCUT2D eigenvalue weighted by Gasteiger charge is -2.17. The lowest BCUT2D eigenvalue weighted by molar-refractivity contribution is 0.0430. The van der Waals surface area contributed by atoms with Gasteiger partial charge in [-0.1, -0.05) is 5.16 Å². The molecule has 1 saturated heterocycles. The average molecular weight is 384 g/mol. The number of nitrogens with zero attached hydrogens (tertiary/aromatic N) is 3. The zero-order valence-corrected chi connectivity index (χ0v) is 15.7. The molecule has 1 atom stereocenters. The molecule has 146 valence electrons. The second kappa shape index (κ2) is 7.55. The van der Waals surface area contributed by atoms with Gasteiger partial charge in [0.25, 0.3) is 5.91 Å². The van der Waals surface area contributed by atoms with Crippen LogP contribution in [0.25, 0.3) is 11.3 Å². The Kier molecular flexibility index (Phi) is 4.95. The number of halogens is 1. The predicted octanol–water partition coefficient (Wildman–Crippen LogP) is 3.25. The molecule has 4 rings (SSSR count). The zero-order chi connectivity index (χ0) is 19.7. The van der Waals surface area contributed by atoms with E-state index in [0.29, 0.717) is 36.5 Å². The summed E-state index contributed by atoms with van der Waals surface area (Å²) < 4.78 is 24.3. The molecule has 2 aromatic heterocycles. The van der Waals surface area contributed by atoms with Crippen molar-refractivity contribution in [2.45, 2.75) is 33.0 Å². The average Bonchev–Trinajstić information content (AvgIpc) is 3.42. The topological polar surface area (TPSA) is 84.2 Å². The van der Waals surface area contributed by atoms with Crippen LogP contribution in [0.1, 0.15) is 33.8 Å². The lowest BCUT2D eigenvalue weighted by atomic mass is 10.1. The lowest BCUT2D eigenvalue weighted by Crippen LogP contribution is -2.30. The van der Waals surface area contributed by atoms with Gasteiger partial charge in [0.15, 0.2) is 0 Å². The van der Waals surface area contributed by atoms with Crippen molar-refractivity contribution in [2.24, 2.45) is 0 Å². The molecule has 0 radical (unpaired) electrons. The number of aromatic nitrogens is 3. The van der Waals surface area contributed by atoms with Crippen LogP contribution in [-0.2, 0) is 11.3 Å². The zero-order valence-electron chi connectivity index (χ0n) is 15.7. The van der Waals surface area contributed by atoms with E-state index in [9.17, 15) is 9.18 Å². The SMILES string of the molecule is Cc1noc(C)c1COC1CCN(C(=O)c2cn[nH]c2-c2ccc(F)cc2)C1. The van der Waals surface area contributed by atoms with Gasteiger partial charge in [-0.3, -0.25) is 9.89 Å². The van der Waals surface area contributed by atoms with E-state index in [1.54, 1.807) is 17.0 Å². The molecule has 1 N–H and O–H groups in total. The van der Waals surface area contributed by atoms with E-state index >= 15 is 0 Å². The van der Waals surface area contributed by atoms with Gasteiger partial charge >= 0.3 is 0 Å². The van der Waals surface area contributed by atoms with E-state index in [2.05, 4.69) is 15.4 Å². The molecule has 0 spiro atoms. The first-order valence-electron chi connectivity index (χ1n) is 9.15. The minimum atomic E-state index is -0.325. The highest BCUT2D eigenvalue weighted by Gasteiger charge is 2.30. The Balaban J connectivity index is 1.41. The first kappa shape index (κ1) is 18.4. The molecule has 28 heavy (non-hydrogen) atoms. The molecular weight excluding hydrogens is 363 g/mol. The molecule has 3 heterocycles. The number of nitrogens with one attached hydrogen (secondary N) is 1. The van der Waals surface area contributed by atoms with Crippen LogP contribution in [-0.4, -0.2) is 45.4 Å². The summed E-state index contributed by atoms with van der Waals surface area (Å²) in [4.78, 5) is 14.7. The van der Waals surface area contributed by atoms with Crippen molar-refractivity contribution in [3.63, 3.8) is 0 Å². The van der Waals surface area contributed by atoms with Gasteiger partial charge in [0.05, 0.1) is 35.9 Å². The first-order valence-corrected chi connectivity index (χ1v) is 9.15. The largest absolute Gasteiger partial charge is 0.371 e. The van der Waals surface area contributed by atoms with Gasteiger partial charge in [-0.2, -0.15) is 5.10 Å². The van der Waals surface area contributed by atoms with E-state index in [-0.39, 0.29) is 17.8 Å². The van der Waals surface area contributed by atoms with Gasteiger partial charge in [0.2, 0.25) is 0 Å². The van der Waals surface area contributed by atoms with Gasteiger partial charge in [0.1, 0.15) is 11.6 Å². The summed E-state index contributed by atoms with van der Waals surface area (Å²) in [5.41, 5.74) is 3.56. The van der Waals surface area contributed by atoms with Crippen molar-refractivity contribution >= 4 is 5.91 Å². The monoisotopic (exact) mass is 384 g/mol. The number of hydrogen-bond acceptors (Lipinski definition) is 5. The van der Waals surface area contributed by atoms with Crippen LogP contribution in [0.2, 0.25) is 0 Å². The molecule has 0 saturated carbocycles. The minimum Gasteiger partial charge on any atom is -0.371 e. The molecule has 0 aliphatic carbocycles. The van der Waals surface area contributed by atoms with Crippen molar-refractivity contribution in [3.8, 4) is 11.3 Å². The van der Waals surface area contributed by atoms with Gasteiger partial charge in [0, 0.05) is 24.2 Å². The Hall–Kier alpha value is -3.00. The summed E-state index contributed by atoms with van der Waals surface area (Å²) in [5.74, 6) is 0.316. The Morgan fingerprint density at radius 3 is 2.86 bits per heavy atom. The number of carbonyl (C=O) groups excluding carboxylic acids is 1. The van der Waals surface area contributed by atoms with Gasteiger partial charge < -0.3 is 14.2 Å². The summed E-state index contributed by atoms with van der Waals surface area (Å²) in [5, 5.41) is 10.8. The van der Waals surface area contributed by atoms with Crippen molar-refractivity contribution in [1.82, 2.24) is 20.3 Å². The number of benzene rings is 1. The molecule has 1 aliphatic heterocycles. The van der Waals surface area contributed by atoms with Crippen LogP contribution >= 0.6 is 0 Å². The number of likely N-dealkylation sites (tertiary alicyclic amines) is 1. The predicted molar refractivity (Wildman–Crippen MR) is 99.1 cm³/mol. The van der Waals surface area contributed by atoms with Crippen LogP contribution in [0.3, 0.4) is 0 Å². The third-order valence-electron chi connectivity index (χ3n) is 5.08. The Morgan fingerprint density at radius 2 is 2.14 bits per heavy atom. The molecule has 1 unspecified atom stereocenters. The second-order valence-corrected chi connectivity index (χ2v) is 6.94. The van der Waals surface area contributed by atoms with Gasteiger partial charge in [-0.05, 0) is 44.5 Å². The Bertz CT molecular complexity index is 960. The van der Waals surface area contributed by atoms with Gasteiger partial charge in [-0.25, -0.2) is 4.39 Å². The molecule has 1 fully saturated rings. The number of carbonyl (C=O) groups is 1. The highest BCUT2D eigenvalue weighted by Crippen LogP contribution is 2.25. The molecular formula is C20H21FN4O3. The van der Waals surface area contributed by atoms with Crippen molar-refractivity contribution < 1.29 is 18.4 Å².